The Morgan fingerprint density at radius 3 is 2.65 bits per heavy atom. The quantitative estimate of drug-likeness (QED) is 0.842. The predicted octanol–water partition coefficient (Wildman–Crippen LogP) is 1.06. The first-order valence-electron chi connectivity index (χ1n) is 6.06. The first kappa shape index (κ1) is 14.4. The minimum atomic E-state index is -1.03. The molecule has 0 radical (unpaired) electrons. The van der Waals surface area contributed by atoms with Crippen molar-refractivity contribution in [1.82, 2.24) is 0 Å². The number of benzene rings is 1. The number of carbonyl (C=O) groups is 2. The molecular formula is C13H14F2N2O3. The van der Waals surface area contributed by atoms with Gasteiger partial charge in [-0.2, -0.15) is 0 Å². The van der Waals surface area contributed by atoms with Crippen LogP contribution in [0.3, 0.4) is 0 Å². The van der Waals surface area contributed by atoms with Gasteiger partial charge in [0.25, 0.3) is 0 Å². The summed E-state index contributed by atoms with van der Waals surface area (Å²) in [5, 5.41) is 0. The van der Waals surface area contributed by atoms with Crippen molar-refractivity contribution >= 4 is 17.6 Å². The third-order valence-electron chi connectivity index (χ3n) is 3.28. The number of rotatable bonds is 3. The molecule has 1 aliphatic heterocycles. The number of carbonyl (C=O) groups excluding carboxylic acids is 2. The van der Waals surface area contributed by atoms with Crippen LogP contribution in [-0.4, -0.2) is 32.1 Å². The van der Waals surface area contributed by atoms with Crippen molar-refractivity contribution in [1.29, 1.82) is 0 Å². The fourth-order valence-corrected chi connectivity index (χ4v) is 2.26. The van der Waals surface area contributed by atoms with Gasteiger partial charge in [-0.25, -0.2) is 13.6 Å². The highest BCUT2D eigenvalue weighted by atomic mass is 19.1. The van der Waals surface area contributed by atoms with Crippen LogP contribution in [0.5, 0.6) is 0 Å². The van der Waals surface area contributed by atoms with E-state index >= 15 is 0 Å². The molecule has 1 fully saturated rings. The molecule has 2 rings (SSSR count). The van der Waals surface area contributed by atoms with E-state index in [9.17, 15) is 18.4 Å². The van der Waals surface area contributed by atoms with Gasteiger partial charge in [-0.15, -0.1) is 0 Å². The number of amides is 1. The number of esters is 1. The average molecular weight is 284 g/mol. The fraction of sp³-hybridized carbons (Fsp3) is 0.385. The standard InChI is InChI=1S/C13H14F2N2O3/c1-20-13(19)11-8(14)2-3-9(15)12(11)17-6-7(5-16)4-10(17)18/h2-3,7H,4-6,16H2,1H3. The van der Waals surface area contributed by atoms with Crippen LogP contribution in [0.1, 0.15) is 16.8 Å². The molecule has 2 N–H and O–H groups in total. The predicted molar refractivity (Wildman–Crippen MR) is 67.2 cm³/mol. The molecule has 1 atom stereocenters. The molecule has 1 saturated heterocycles. The third kappa shape index (κ3) is 2.36. The number of hydrogen-bond donors (Lipinski definition) is 1. The lowest BCUT2D eigenvalue weighted by Crippen LogP contribution is -2.29. The molecule has 0 aliphatic carbocycles. The third-order valence-corrected chi connectivity index (χ3v) is 3.28. The van der Waals surface area contributed by atoms with Gasteiger partial charge < -0.3 is 15.4 Å². The molecule has 7 heteroatoms. The molecule has 1 heterocycles. The Hall–Kier alpha value is -2.02. The highest BCUT2D eigenvalue weighted by Crippen LogP contribution is 2.32. The zero-order valence-corrected chi connectivity index (χ0v) is 10.9. The second kappa shape index (κ2) is 5.54. The van der Waals surface area contributed by atoms with Gasteiger partial charge in [0.05, 0.1) is 12.8 Å². The van der Waals surface area contributed by atoms with Crippen molar-refractivity contribution in [3.8, 4) is 0 Å². The highest BCUT2D eigenvalue weighted by Gasteiger charge is 2.35. The van der Waals surface area contributed by atoms with Gasteiger partial charge in [0, 0.05) is 13.0 Å². The Morgan fingerprint density at radius 1 is 1.45 bits per heavy atom. The second-order valence-corrected chi connectivity index (χ2v) is 4.55. The molecule has 5 nitrogen and oxygen atoms in total. The molecule has 0 aromatic heterocycles. The maximum absolute atomic E-state index is 14.0. The number of nitrogens with zero attached hydrogens (tertiary/aromatic N) is 1. The van der Waals surface area contributed by atoms with E-state index in [0.29, 0.717) is 0 Å². The number of anilines is 1. The zero-order chi connectivity index (χ0) is 14.9. The number of hydrogen-bond acceptors (Lipinski definition) is 4. The summed E-state index contributed by atoms with van der Waals surface area (Å²) in [5.74, 6) is -3.35. The Labute approximate surface area is 114 Å². The Balaban J connectivity index is 2.53. The summed E-state index contributed by atoms with van der Waals surface area (Å²) in [4.78, 5) is 24.6. The average Bonchev–Trinajstić information content (AvgIpc) is 2.81. The molecule has 1 unspecified atom stereocenters. The summed E-state index contributed by atoms with van der Waals surface area (Å²) in [6.45, 7) is 0.409. The fourth-order valence-electron chi connectivity index (χ4n) is 2.26. The largest absolute Gasteiger partial charge is 0.465 e. The monoisotopic (exact) mass is 284 g/mol. The van der Waals surface area contributed by atoms with Gasteiger partial charge in [-0.3, -0.25) is 4.79 Å². The van der Waals surface area contributed by atoms with Crippen molar-refractivity contribution in [2.75, 3.05) is 25.1 Å². The van der Waals surface area contributed by atoms with Crippen molar-refractivity contribution in [2.45, 2.75) is 6.42 Å². The summed E-state index contributed by atoms with van der Waals surface area (Å²) >= 11 is 0. The lowest BCUT2D eigenvalue weighted by molar-refractivity contribution is -0.117. The van der Waals surface area contributed by atoms with Gasteiger partial charge in [0.2, 0.25) is 5.91 Å². The molecule has 0 bridgehead atoms. The van der Waals surface area contributed by atoms with Gasteiger partial charge >= 0.3 is 5.97 Å². The number of methoxy groups -OCH3 is 1. The first-order valence-corrected chi connectivity index (χ1v) is 6.06. The van der Waals surface area contributed by atoms with E-state index in [2.05, 4.69) is 4.74 Å². The lowest BCUT2D eigenvalue weighted by atomic mass is 10.1. The van der Waals surface area contributed by atoms with Crippen molar-refractivity contribution in [2.24, 2.45) is 11.7 Å². The number of ether oxygens (including phenoxy) is 1. The van der Waals surface area contributed by atoms with Gasteiger partial charge in [0.1, 0.15) is 17.2 Å². The molecule has 0 saturated carbocycles. The smallest absolute Gasteiger partial charge is 0.343 e. The molecule has 108 valence electrons. The van der Waals surface area contributed by atoms with Crippen LogP contribution in [-0.2, 0) is 9.53 Å². The maximum atomic E-state index is 14.0. The molecule has 1 amide bonds. The van der Waals surface area contributed by atoms with Crippen LogP contribution in [0.15, 0.2) is 12.1 Å². The van der Waals surface area contributed by atoms with E-state index in [-0.39, 0.29) is 31.1 Å². The van der Waals surface area contributed by atoms with E-state index in [1.165, 1.54) is 0 Å². The summed E-state index contributed by atoms with van der Waals surface area (Å²) in [5.41, 5.74) is 4.54. The van der Waals surface area contributed by atoms with E-state index in [4.69, 9.17) is 5.73 Å². The minimum absolute atomic E-state index is 0.143. The Morgan fingerprint density at radius 2 is 2.10 bits per heavy atom. The van der Waals surface area contributed by atoms with Crippen LogP contribution < -0.4 is 10.6 Å². The molecule has 1 aromatic rings. The van der Waals surface area contributed by atoms with Crippen molar-refractivity contribution < 1.29 is 23.1 Å². The summed E-state index contributed by atoms with van der Waals surface area (Å²) in [7, 11) is 1.06. The van der Waals surface area contributed by atoms with Crippen LogP contribution in [0, 0.1) is 17.6 Å². The maximum Gasteiger partial charge on any atom is 0.343 e. The van der Waals surface area contributed by atoms with E-state index < -0.39 is 29.1 Å². The topological polar surface area (TPSA) is 72.6 Å². The summed E-state index contributed by atoms with van der Waals surface area (Å²) in [6, 6.07) is 1.70. The van der Waals surface area contributed by atoms with Gasteiger partial charge in [-0.05, 0) is 24.6 Å². The second-order valence-electron chi connectivity index (χ2n) is 4.55. The van der Waals surface area contributed by atoms with Crippen LogP contribution in [0.4, 0.5) is 14.5 Å². The van der Waals surface area contributed by atoms with E-state index in [1.807, 2.05) is 0 Å². The van der Waals surface area contributed by atoms with Crippen LogP contribution in [0.2, 0.25) is 0 Å². The summed E-state index contributed by atoms with van der Waals surface area (Å²) < 4.78 is 32.2. The SMILES string of the molecule is COC(=O)c1c(F)ccc(F)c1N1CC(CN)CC1=O. The highest BCUT2D eigenvalue weighted by molar-refractivity contribution is 6.04. The molecule has 20 heavy (non-hydrogen) atoms. The zero-order valence-electron chi connectivity index (χ0n) is 10.9. The van der Waals surface area contributed by atoms with Crippen LogP contribution in [0.25, 0.3) is 0 Å². The summed E-state index contributed by atoms with van der Waals surface area (Å²) in [6.07, 6.45) is 0.146. The van der Waals surface area contributed by atoms with Crippen molar-refractivity contribution in [3.63, 3.8) is 0 Å². The number of halogens is 2. The molecule has 1 aliphatic rings. The van der Waals surface area contributed by atoms with Gasteiger partial charge in [0.15, 0.2) is 0 Å². The normalized spacial score (nSPS) is 18.5. The van der Waals surface area contributed by atoms with Gasteiger partial charge in [-0.1, -0.05) is 0 Å². The lowest BCUT2D eigenvalue weighted by Gasteiger charge is -2.20. The van der Waals surface area contributed by atoms with Crippen molar-refractivity contribution in [3.05, 3.63) is 29.3 Å². The Kier molecular flexibility index (Phi) is 3.99. The van der Waals surface area contributed by atoms with Crippen LogP contribution >= 0.6 is 0 Å². The molecule has 1 aromatic carbocycles. The molecular weight excluding hydrogens is 270 g/mol. The Bertz CT molecular complexity index is 563. The number of nitrogens with two attached hydrogens (primary N) is 1. The minimum Gasteiger partial charge on any atom is -0.465 e. The van der Waals surface area contributed by atoms with E-state index in [0.717, 1.165) is 24.1 Å². The van der Waals surface area contributed by atoms with E-state index in [1.54, 1.807) is 0 Å². The molecule has 0 spiro atoms. The first-order chi connectivity index (χ1) is 9.49.